The van der Waals surface area contributed by atoms with Crippen LogP contribution < -0.4 is 15.0 Å². The summed E-state index contributed by atoms with van der Waals surface area (Å²) in [5.41, 5.74) is 0.756. The van der Waals surface area contributed by atoms with Crippen molar-refractivity contribution >= 4 is 29.3 Å². The molecule has 27 heavy (non-hydrogen) atoms. The summed E-state index contributed by atoms with van der Waals surface area (Å²) in [6, 6.07) is 5.23. The quantitative estimate of drug-likeness (QED) is 0.659. The summed E-state index contributed by atoms with van der Waals surface area (Å²) >= 11 is 6.24. The lowest BCUT2D eigenvalue weighted by Crippen LogP contribution is -2.33. The van der Waals surface area contributed by atoms with Crippen LogP contribution in [-0.4, -0.2) is 52.5 Å². The van der Waals surface area contributed by atoms with Gasteiger partial charge >= 0.3 is 5.97 Å². The lowest BCUT2D eigenvalue weighted by molar-refractivity contribution is 0.0697. The van der Waals surface area contributed by atoms with Gasteiger partial charge in [-0.15, -0.1) is 0 Å². The molecule has 3 rings (SSSR count). The molecule has 0 aliphatic carbocycles. The Bertz CT molecular complexity index is 833. The van der Waals surface area contributed by atoms with Gasteiger partial charge in [-0.25, -0.2) is 9.78 Å². The van der Waals surface area contributed by atoms with E-state index in [1.165, 1.54) is 6.20 Å². The number of hydrogen-bond acceptors (Lipinski definition) is 7. The van der Waals surface area contributed by atoms with Crippen LogP contribution in [0.3, 0.4) is 0 Å². The second kappa shape index (κ2) is 8.41. The van der Waals surface area contributed by atoms with Crippen LogP contribution in [0.15, 0.2) is 24.4 Å². The van der Waals surface area contributed by atoms with E-state index in [0.29, 0.717) is 23.3 Å². The third kappa shape index (κ3) is 4.23. The number of hydrogen-bond donors (Lipinski definition) is 3. The molecule has 0 spiro atoms. The number of carbonyl (C=O) groups is 1. The van der Waals surface area contributed by atoms with Gasteiger partial charge in [-0.05, 0) is 30.5 Å². The van der Waals surface area contributed by atoms with Crippen LogP contribution in [0.5, 0.6) is 5.75 Å². The highest BCUT2D eigenvalue weighted by molar-refractivity contribution is 6.31. The third-order valence-electron chi connectivity index (χ3n) is 4.56. The average Bonchev–Trinajstić information content (AvgIpc) is 3.15. The standard InChI is InChI=1S/C18H21ClN4O4/c1-27-13-5-4-11(15(19)7-13)8-20-16-14(17(25)26)9-21-18(22-16)23-6-2-3-12(23)10-24/h4-5,7,9,12,24H,2-3,6,8,10H2,1H3,(H,25,26)(H,20,21,22). The number of benzene rings is 1. The average molecular weight is 393 g/mol. The van der Waals surface area contributed by atoms with Crippen LogP contribution in [0.1, 0.15) is 28.8 Å². The number of aliphatic hydroxyl groups excluding tert-OH is 1. The Balaban J connectivity index is 1.84. The van der Waals surface area contributed by atoms with Crippen LogP contribution in [-0.2, 0) is 6.54 Å². The number of anilines is 2. The van der Waals surface area contributed by atoms with Crippen LogP contribution >= 0.6 is 11.6 Å². The van der Waals surface area contributed by atoms with E-state index in [9.17, 15) is 15.0 Å². The molecule has 1 aliphatic heterocycles. The first-order valence-electron chi connectivity index (χ1n) is 8.57. The molecule has 144 valence electrons. The Labute approximate surface area is 161 Å². The summed E-state index contributed by atoms with van der Waals surface area (Å²) in [6.07, 6.45) is 3.07. The number of nitrogens with one attached hydrogen (secondary N) is 1. The zero-order valence-corrected chi connectivity index (χ0v) is 15.6. The number of halogens is 1. The molecule has 0 bridgehead atoms. The van der Waals surface area contributed by atoms with E-state index in [0.717, 1.165) is 24.9 Å². The second-order valence-corrected chi connectivity index (χ2v) is 6.63. The topological polar surface area (TPSA) is 108 Å². The molecule has 1 saturated heterocycles. The first-order chi connectivity index (χ1) is 13.0. The first kappa shape index (κ1) is 19.2. The fraction of sp³-hybridized carbons (Fsp3) is 0.389. The van der Waals surface area contributed by atoms with Crippen molar-refractivity contribution in [1.29, 1.82) is 0 Å². The SMILES string of the molecule is COc1ccc(CNc2nc(N3CCCC3CO)ncc2C(=O)O)c(Cl)c1. The molecule has 2 heterocycles. The number of rotatable bonds is 7. The van der Waals surface area contributed by atoms with Crippen LogP contribution in [0, 0.1) is 0 Å². The highest BCUT2D eigenvalue weighted by Crippen LogP contribution is 2.26. The summed E-state index contributed by atoms with van der Waals surface area (Å²) in [7, 11) is 1.56. The van der Waals surface area contributed by atoms with Gasteiger partial charge in [-0.1, -0.05) is 17.7 Å². The maximum Gasteiger partial charge on any atom is 0.341 e. The molecule has 3 N–H and O–H groups in total. The normalized spacial score (nSPS) is 16.4. The molecule has 0 radical (unpaired) electrons. The van der Waals surface area contributed by atoms with Crippen molar-refractivity contribution in [3.05, 3.63) is 40.5 Å². The van der Waals surface area contributed by atoms with E-state index in [1.54, 1.807) is 25.3 Å². The zero-order valence-electron chi connectivity index (χ0n) is 14.9. The predicted molar refractivity (Wildman–Crippen MR) is 102 cm³/mol. The van der Waals surface area contributed by atoms with Crippen molar-refractivity contribution in [2.24, 2.45) is 0 Å². The number of aromatic carboxylic acids is 1. The highest BCUT2D eigenvalue weighted by atomic mass is 35.5. The van der Waals surface area contributed by atoms with Gasteiger partial charge in [-0.3, -0.25) is 0 Å². The fourth-order valence-electron chi connectivity index (χ4n) is 3.07. The molecule has 0 amide bonds. The van der Waals surface area contributed by atoms with E-state index in [1.807, 2.05) is 4.90 Å². The largest absolute Gasteiger partial charge is 0.497 e. The predicted octanol–water partition coefficient (Wildman–Crippen LogP) is 2.41. The molecular weight excluding hydrogens is 372 g/mol. The summed E-state index contributed by atoms with van der Waals surface area (Å²) in [6.45, 7) is 1.03. The van der Waals surface area contributed by atoms with Crippen LogP contribution in [0.2, 0.25) is 5.02 Å². The molecule has 1 fully saturated rings. The summed E-state index contributed by atoms with van der Waals surface area (Å²) < 4.78 is 5.13. The maximum absolute atomic E-state index is 11.5. The molecule has 1 unspecified atom stereocenters. The lowest BCUT2D eigenvalue weighted by atomic mass is 10.2. The fourth-order valence-corrected chi connectivity index (χ4v) is 3.31. The monoisotopic (exact) mass is 392 g/mol. The Morgan fingerprint density at radius 2 is 2.30 bits per heavy atom. The smallest absolute Gasteiger partial charge is 0.341 e. The van der Waals surface area contributed by atoms with Gasteiger partial charge in [0.2, 0.25) is 5.95 Å². The molecule has 1 atom stereocenters. The van der Waals surface area contributed by atoms with Crippen molar-refractivity contribution in [1.82, 2.24) is 9.97 Å². The number of methoxy groups -OCH3 is 1. The Morgan fingerprint density at radius 1 is 1.48 bits per heavy atom. The van der Waals surface area contributed by atoms with Gasteiger partial charge in [0.15, 0.2) is 0 Å². The number of carboxylic acids is 1. The van der Waals surface area contributed by atoms with Crippen molar-refractivity contribution < 1.29 is 19.7 Å². The molecular formula is C18H21ClN4O4. The van der Waals surface area contributed by atoms with Crippen molar-refractivity contribution in [2.75, 3.05) is 30.5 Å². The minimum absolute atomic E-state index is 0.00819. The summed E-state index contributed by atoms with van der Waals surface area (Å²) in [4.78, 5) is 22.0. The number of nitrogens with zero attached hydrogens (tertiary/aromatic N) is 3. The molecule has 1 aromatic carbocycles. The number of carboxylic acid groups (broad SMARTS) is 1. The Kier molecular flexibility index (Phi) is 5.98. The molecule has 0 saturated carbocycles. The van der Waals surface area contributed by atoms with E-state index in [2.05, 4.69) is 15.3 Å². The van der Waals surface area contributed by atoms with E-state index < -0.39 is 5.97 Å². The van der Waals surface area contributed by atoms with Crippen molar-refractivity contribution in [3.63, 3.8) is 0 Å². The van der Waals surface area contributed by atoms with E-state index in [4.69, 9.17) is 16.3 Å². The number of aromatic nitrogens is 2. The van der Waals surface area contributed by atoms with Crippen molar-refractivity contribution in [2.45, 2.75) is 25.4 Å². The van der Waals surface area contributed by atoms with Gasteiger partial charge in [0.1, 0.15) is 17.1 Å². The third-order valence-corrected chi connectivity index (χ3v) is 4.91. The molecule has 9 heteroatoms. The van der Waals surface area contributed by atoms with Gasteiger partial charge < -0.3 is 25.2 Å². The summed E-state index contributed by atoms with van der Waals surface area (Å²) in [5.74, 6) is 0.135. The first-order valence-corrected chi connectivity index (χ1v) is 8.95. The number of aliphatic hydroxyl groups is 1. The van der Waals surface area contributed by atoms with Gasteiger partial charge in [-0.2, -0.15) is 4.98 Å². The summed E-state index contributed by atoms with van der Waals surface area (Å²) in [5, 5.41) is 22.5. The Morgan fingerprint density at radius 3 is 2.96 bits per heavy atom. The van der Waals surface area contributed by atoms with Gasteiger partial charge in [0.05, 0.1) is 19.8 Å². The molecule has 1 aromatic heterocycles. The minimum atomic E-state index is -1.12. The maximum atomic E-state index is 11.5. The molecule has 8 nitrogen and oxygen atoms in total. The van der Waals surface area contributed by atoms with E-state index >= 15 is 0 Å². The molecule has 2 aromatic rings. The minimum Gasteiger partial charge on any atom is -0.497 e. The van der Waals surface area contributed by atoms with Gasteiger partial charge in [0, 0.05) is 24.3 Å². The lowest BCUT2D eigenvalue weighted by Gasteiger charge is -2.23. The van der Waals surface area contributed by atoms with Gasteiger partial charge in [0.25, 0.3) is 0 Å². The highest BCUT2D eigenvalue weighted by Gasteiger charge is 2.27. The van der Waals surface area contributed by atoms with Crippen molar-refractivity contribution in [3.8, 4) is 5.75 Å². The second-order valence-electron chi connectivity index (χ2n) is 6.22. The van der Waals surface area contributed by atoms with Crippen LogP contribution in [0.25, 0.3) is 0 Å². The number of ether oxygens (including phenoxy) is 1. The van der Waals surface area contributed by atoms with Crippen LogP contribution in [0.4, 0.5) is 11.8 Å². The zero-order chi connectivity index (χ0) is 19.4. The molecule has 1 aliphatic rings. The Hall–Kier alpha value is -2.58. The van der Waals surface area contributed by atoms with E-state index in [-0.39, 0.29) is 24.0 Å².